The minimum absolute atomic E-state index is 0.356. The van der Waals surface area contributed by atoms with Crippen LogP contribution in [0.3, 0.4) is 0 Å². The van der Waals surface area contributed by atoms with Gasteiger partial charge in [-0.05, 0) is 36.6 Å². The van der Waals surface area contributed by atoms with Crippen LogP contribution in [0.1, 0.15) is 24.4 Å². The first-order valence-electron chi connectivity index (χ1n) is 13.5. The van der Waals surface area contributed by atoms with Crippen molar-refractivity contribution in [2.45, 2.75) is 25.4 Å². The van der Waals surface area contributed by atoms with Crippen molar-refractivity contribution in [1.82, 2.24) is 34.4 Å². The van der Waals surface area contributed by atoms with Gasteiger partial charge in [-0.2, -0.15) is 0 Å². The van der Waals surface area contributed by atoms with Crippen molar-refractivity contribution >= 4 is 33.7 Å². The number of hydrogen-bond acceptors (Lipinski definition) is 8. The van der Waals surface area contributed by atoms with Crippen LogP contribution in [0.4, 0.5) is 11.5 Å². The number of fused-ring (bicyclic) bond motifs is 2. The van der Waals surface area contributed by atoms with Gasteiger partial charge < -0.3 is 16.0 Å². The number of nitrogens with two attached hydrogens (primary N) is 2. The average Bonchev–Trinajstić information content (AvgIpc) is 3.43. The molecule has 1 saturated heterocycles. The lowest BCUT2D eigenvalue weighted by molar-refractivity contribution is 0.181. The molecular weight excluding hydrogens is 498 g/mol. The second-order valence-electron chi connectivity index (χ2n) is 10.3. The fraction of sp³-hybridized carbons (Fsp3) is 0.194. The molecule has 1 aliphatic rings. The van der Waals surface area contributed by atoms with Gasteiger partial charge in [-0.3, -0.25) is 4.90 Å². The standard InChI is InChI=1S/C31H29N9/c32-23-10-11-25-26(16-23)38-28(27(37-25)21-4-2-1-3-5-21)22-8-6-20(7-9-22)17-39-14-12-24(13-15-39)40-19-36-29-30(33)34-18-35-31(29)40/h1-11,16,18-19,24H,12-15,17,32H2,(H2,33,34,35). The van der Waals surface area contributed by atoms with Crippen molar-refractivity contribution in [3.05, 3.63) is 91.0 Å². The van der Waals surface area contributed by atoms with Gasteiger partial charge in [-0.15, -0.1) is 0 Å². The van der Waals surface area contributed by atoms with E-state index in [0.29, 0.717) is 23.1 Å². The van der Waals surface area contributed by atoms with E-state index in [1.807, 2.05) is 42.7 Å². The summed E-state index contributed by atoms with van der Waals surface area (Å²) in [4.78, 5) is 25.4. The largest absolute Gasteiger partial charge is 0.399 e. The molecule has 9 nitrogen and oxygen atoms in total. The number of nitrogens with zero attached hydrogens (tertiary/aromatic N) is 7. The smallest absolute Gasteiger partial charge is 0.165 e. The third-order valence-electron chi connectivity index (χ3n) is 7.71. The quantitative estimate of drug-likeness (QED) is 0.297. The van der Waals surface area contributed by atoms with Crippen molar-refractivity contribution in [3.63, 3.8) is 0 Å². The predicted molar refractivity (Wildman–Crippen MR) is 158 cm³/mol. The molecule has 0 radical (unpaired) electrons. The highest BCUT2D eigenvalue weighted by Crippen LogP contribution is 2.32. The minimum atomic E-state index is 0.356. The number of piperidine rings is 1. The molecule has 1 aliphatic heterocycles. The maximum atomic E-state index is 6.05. The Labute approximate surface area is 231 Å². The van der Waals surface area contributed by atoms with E-state index in [-0.39, 0.29) is 0 Å². The maximum absolute atomic E-state index is 6.05. The second kappa shape index (κ2) is 10.0. The number of hydrogen-bond donors (Lipinski definition) is 2. The normalized spacial score (nSPS) is 14.7. The van der Waals surface area contributed by atoms with Crippen LogP contribution in [-0.4, -0.2) is 47.5 Å². The highest BCUT2D eigenvalue weighted by Gasteiger charge is 2.23. The number of aromatic nitrogens is 6. The molecule has 6 aromatic rings. The number of rotatable bonds is 5. The number of benzene rings is 3. The zero-order valence-electron chi connectivity index (χ0n) is 22.0. The monoisotopic (exact) mass is 527 g/mol. The van der Waals surface area contributed by atoms with E-state index in [0.717, 1.165) is 71.7 Å². The summed E-state index contributed by atoms with van der Waals surface area (Å²) in [5, 5.41) is 0. The van der Waals surface area contributed by atoms with E-state index in [1.54, 1.807) is 0 Å². The third-order valence-corrected chi connectivity index (χ3v) is 7.71. The van der Waals surface area contributed by atoms with Gasteiger partial charge in [0, 0.05) is 42.5 Å². The Balaban J connectivity index is 1.10. The molecule has 1 fully saturated rings. The summed E-state index contributed by atoms with van der Waals surface area (Å²) in [7, 11) is 0. The highest BCUT2D eigenvalue weighted by atomic mass is 15.2. The van der Waals surface area contributed by atoms with Crippen molar-refractivity contribution < 1.29 is 0 Å². The minimum Gasteiger partial charge on any atom is -0.399 e. The summed E-state index contributed by atoms with van der Waals surface area (Å²) in [6, 6.07) is 24.9. The Morgan fingerprint density at radius 3 is 2.25 bits per heavy atom. The maximum Gasteiger partial charge on any atom is 0.165 e. The third kappa shape index (κ3) is 4.50. The Kier molecular flexibility index (Phi) is 6.05. The molecule has 7 rings (SSSR count). The second-order valence-corrected chi connectivity index (χ2v) is 10.3. The Morgan fingerprint density at radius 2 is 1.48 bits per heavy atom. The number of imidazole rings is 1. The van der Waals surface area contributed by atoms with E-state index in [4.69, 9.17) is 21.4 Å². The average molecular weight is 528 g/mol. The molecule has 0 unspecified atom stereocenters. The van der Waals surface area contributed by atoms with Crippen LogP contribution in [0.5, 0.6) is 0 Å². The summed E-state index contributed by atoms with van der Waals surface area (Å²) in [6.07, 6.45) is 5.42. The summed E-state index contributed by atoms with van der Waals surface area (Å²) in [5.41, 5.74) is 20.9. The molecule has 0 bridgehead atoms. The van der Waals surface area contributed by atoms with E-state index >= 15 is 0 Å². The van der Waals surface area contributed by atoms with Gasteiger partial charge >= 0.3 is 0 Å². The molecule has 0 saturated carbocycles. The van der Waals surface area contributed by atoms with Gasteiger partial charge in [0.05, 0.1) is 28.7 Å². The van der Waals surface area contributed by atoms with Gasteiger partial charge in [0.15, 0.2) is 11.5 Å². The fourth-order valence-corrected chi connectivity index (χ4v) is 5.59. The molecule has 3 aromatic carbocycles. The molecule has 0 spiro atoms. The van der Waals surface area contributed by atoms with Crippen LogP contribution in [-0.2, 0) is 6.54 Å². The Bertz CT molecular complexity index is 1800. The van der Waals surface area contributed by atoms with Gasteiger partial charge in [0.1, 0.15) is 11.8 Å². The molecule has 9 heteroatoms. The summed E-state index contributed by atoms with van der Waals surface area (Å²) >= 11 is 0. The zero-order chi connectivity index (χ0) is 27.1. The lowest BCUT2D eigenvalue weighted by Crippen LogP contribution is -2.34. The van der Waals surface area contributed by atoms with Crippen molar-refractivity contribution in [2.75, 3.05) is 24.6 Å². The molecule has 3 aromatic heterocycles. The first-order valence-corrected chi connectivity index (χ1v) is 13.5. The van der Waals surface area contributed by atoms with Crippen LogP contribution in [0, 0.1) is 0 Å². The Morgan fingerprint density at radius 1 is 0.750 bits per heavy atom. The molecule has 0 atom stereocenters. The topological polar surface area (TPSA) is 125 Å². The Hall–Kier alpha value is -4.89. The van der Waals surface area contributed by atoms with Crippen molar-refractivity contribution in [3.8, 4) is 22.5 Å². The van der Waals surface area contributed by atoms with Crippen LogP contribution in [0.2, 0.25) is 0 Å². The SMILES string of the molecule is Nc1ccc2nc(-c3ccccc3)c(-c3ccc(CN4CCC(n5cnc6c(N)ncnc65)CC4)cc3)nc2c1. The highest BCUT2D eigenvalue weighted by molar-refractivity contribution is 5.87. The molecule has 0 aliphatic carbocycles. The first kappa shape index (κ1) is 24.2. The van der Waals surface area contributed by atoms with Crippen LogP contribution in [0.25, 0.3) is 44.7 Å². The van der Waals surface area contributed by atoms with Gasteiger partial charge in [-0.25, -0.2) is 24.9 Å². The zero-order valence-corrected chi connectivity index (χ0v) is 22.0. The lowest BCUT2D eigenvalue weighted by Gasteiger charge is -2.32. The molecule has 198 valence electrons. The van der Waals surface area contributed by atoms with Crippen LogP contribution in [0.15, 0.2) is 85.5 Å². The van der Waals surface area contributed by atoms with Crippen molar-refractivity contribution in [1.29, 1.82) is 0 Å². The molecule has 4 N–H and O–H groups in total. The van der Waals surface area contributed by atoms with Gasteiger partial charge in [0.25, 0.3) is 0 Å². The summed E-state index contributed by atoms with van der Waals surface area (Å²) in [5.74, 6) is 0.430. The van der Waals surface area contributed by atoms with Gasteiger partial charge in [0.2, 0.25) is 0 Å². The summed E-state index contributed by atoms with van der Waals surface area (Å²) < 4.78 is 2.15. The van der Waals surface area contributed by atoms with Crippen LogP contribution < -0.4 is 11.5 Å². The number of likely N-dealkylation sites (tertiary alicyclic amines) is 1. The van der Waals surface area contributed by atoms with Crippen molar-refractivity contribution in [2.24, 2.45) is 0 Å². The first-order chi connectivity index (χ1) is 19.6. The molecular formula is C31H29N9. The van der Waals surface area contributed by atoms with Crippen LogP contribution >= 0.6 is 0 Å². The van der Waals surface area contributed by atoms with E-state index in [1.165, 1.54) is 11.9 Å². The molecule has 0 amide bonds. The number of anilines is 2. The van der Waals surface area contributed by atoms with E-state index in [2.05, 4.69) is 60.8 Å². The molecule has 4 heterocycles. The number of nitrogen functional groups attached to an aromatic ring is 2. The predicted octanol–water partition coefficient (Wildman–Crippen LogP) is 5.11. The van der Waals surface area contributed by atoms with E-state index < -0.39 is 0 Å². The van der Waals surface area contributed by atoms with E-state index in [9.17, 15) is 0 Å². The fourth-order valence-electron chi connectivity index (χ4n) is 5.59. The lowest BCUT2D eigenvalue weighted by atomic mass is 10.0. The van der Waals surface area contributed by atoms with Gasteiger partial charge in [-0.1, -0.05) is 54.6 Å². The summed E-state index contributed by atoms with van der Waals surface area (Å²) in [6.45, 7) is 2.91. The molecule has 40 heavy (non-hydrogen) atoms.